The number of carbonyl (C=O) groups is 2. The Hall–Kier alpha value is -2.61. The number of hydrogen-bond acceptors (Lipinski definition) is 5. The van der Waals surface area contributed by atoms with Gasteiger partial charge in [-0.1, -0.05) is 30.0 Å². The smallest absolute Gasteiger partial charge is 0.321 e. The number of amides is 3. The fourth-order valence-electron chi connectivity index (χ4n) is 2.14. The van der Waals surface area contributed by atoms with Crippen molar-refractivity contribution in [3.63, 3.8) is 0 Å². The Morgan fingerprint density at radius 2 is 2.08 bits per heavy atom. The maximum atomic E-state index is 12.6. The molecule has 1 aromatic carbocycles. The minimum atomic E-state index is -0.546. The highest BCUT2D eigenvalue weighted by Gasteiger charge is 2.14. The molecule has 0 radical (unpaired) electrons. The summed E-state index contributed by atoms with van der Waals surface area (Å²) < 4.78 is 1.46. The second kappa shape index (κ2) is 8.48. The Kier molecular flexibility index (Phi) is 6.35. The molecule has 0 aliphatic rings. The number of aromatic nitrogens is 2. The number of nitrogens with one attached hydrogen (secondary N) is 2. The van der Waals surface area contributed by atoms with Crippen molar-refractivity contribution in [2.45, 2.75) is 31.6 Å². The molecule has 8 heteroatoms. The van der Waals surface area contributed by atoms with Gasteiger partial charge in [-0.2, -0.15) is 0 Å². The molecule has 1 aromatic heterocycles. The van der Waals surface area contributed by atoms with Crippen molar-refractivity contribution in [2.24, 2.45) is 0 Å². The van der Waals surface area contributed by atoms with Gasteiger partial charge in [0.15, 0.2) is 5.16 Å². The van der Waals surface area contributed by atoms with Crippen LogP contribution in [0.5, 0.6) is 0 Å². The lowest BCUT2D eigenvalue weighted by molar-refractivity contribution is -0.117. The molecule has 2 N–H and O–H groups in total. The third-order valence-electron chi connectivity index (χ3n) is 3.14. The fraction of sp³-hybridized carbons (Fsp3) is 0.294. The molecule has 0 spiro atoms. The lowest BCUT2D eigenvalue weighted by Gasteiger charge is -2.12. The van der Waals surface area contributed by atoms with Crippen molar-refractivity contribution >= 4 is 34.6 Å². The van der Waals surface area contributed by atoms with Crippen LogP contribution in [0, 0.1) is 0 Å². The van der Waals surface area contributed by atoms with E-state index in [1.54, 1.807) is 44.2 Å². The molecule has 0 bridgehead atoms. The van der Waals surface area contributed by atoms with E-state index in [0.29, 0.717) is 16.1 Å². The van der Waals surface area contributed by atoms with E-state index in [4.69, 9.17) is 0 Å². The van der Waals surface area contributed by atoms with E-state index in [-0.39, 0.29) is 23.9 Å². The van der Waals surface area contributed by atoms with E-state index in [9.17, 15) is 14.4 Å². The predicted molar refractivity (Wildman–Crippen MR) is 98.7 cm³/mol. The molecule has 0 aliphatic carbocycles. The quantitative estimate of drug-likeness (QED) is 0.466. The summed E-state index contributed by atoms with van der Waals surface area (Å²) in [6, 6.07) is 6.41. The van der Waals surface area contributed by atoms with Crippen molar-refractivity contribution in [1.82, 2.24) is 20.2 Å². The molecule has 0 unspecified atom stereocenters. The number of nitrogens with zero attached hydrogens (tertiary/aromatic N) is 2. The summed E-state index contributed by atoms with van der Waals surface area (Å²) in [5, 5.41) is 5.73. The van der Waals surface area contributed by atoms with Crippen LogP contribution in [0.25, 0.3) is 10.9 Å². The summed E-state index contributed by atoms with van der Waals surface area (Å²) in [6.45, 7) is 7.53. The normalized spacial score (nSPS) is 10.7. The first-order valence-electron chi connectivity index (χ1n) is 7.76. The van der Waals surface area contributed by atoms with Crippen LogP contribution in [-0.2, 0) is 11.3 Å². The molecular weight excluding hydrogens is 340 g/mol. The van der Waals surface area contributed by atoms with E-state index < -0.39 is 11.9 Å². The van der Waals surface area contributed by atoms with Gasteiger partial charge in [0, 0.05) is 12.6 Å². The van der Waals surface area contributed by atoms with E-state index in [2.05, 4.69) is 22.2 Å². The largest absolute Gasteiger partial charge is 0.336 e. The minimum Gasteiger partial charge on any atom is -0.336 e. The average molecular weight is 360 g/mol. The monoisotopic (exact) mass is 360 g/mol. The molecule has 7 nitrogen and oxygen atoms in total. The van der Waals surface area contributed by atoms with Gasteiger partial charge < -0.3 is 5.32 Å². The topological polar surface area (TPSA) is 93.1 Å². The third-order valence-corrected chi connectivity index (χ3v) is 4.12. The molecule has 25 heavy (non-hydrogen) atoms. The van der Waals surface area contributed by atoms with Gasteiger partial charge in [0.2, 0.25) is 5.91 Å². The Morgan fingerprint density at radius 3 is 2.76 bits per heavy atom. The molecule has 0 saturated heterocycles. The van der Waals surface area contributed by atoms with Crippen LogP contribution < -0.4 is 16.2 Å². The number of hydrogen-bond donors (Lipinski definition) is 2. The van der Waals surface area contributed by atoms with E-state index in [1.165, 1.54) is 4.57 Å². The first kappa shape index (κ1) is 18.7. The number of fused-ring (bicyclic) bond motifs is 1. The van der Waals surface area contributed by atoms with Crippen LogP contribution in [0.15, 0.2) is 46.9 Å². The molecule has 1 heterocycles. The highest BCUT2D eigenvalue weighted by atomic mass is 32.2. The molecule has 0 fully saturated rings. The van der Waals surface area contributed by atoms with Gasteiger partial charge in [-0.15, -0.1) is 6.58 Å². The fourth-order valence-corrected chi connectivity index (χ4v) is 2.95. The first-order valence-corrected chi connectivity index (χ1v) is 8.74. The maximum absolute atomic E-state index is 12.6. The SMILES string of the molecule is C=CCn1c(SCC(=O)NC(=O)NC(C)C)nc2ccccc2c1=O. The maximum Gasteiger partial charge on any atom is 0.321 e. The van der Waals surface area contributed by atoms with Crippen LogP contribution in [0.3, 0.4) is 0 Å². The third kappa shape index (κ3) is 4.93. The number of benzene rings is 1. The van der Waals surface area contributed by atoms with Crippen LogP contribution in [0.1, 0.15) is 13.8 Å². The van der Waals surface area contributed by atoms with Gasteiger partial charge in [-0.3, -0.25) is 19.5 Å². The molecule has 2 aromatic rings. The van der Waals surface area contributed by atoms with Crippen molar-refractivity contribution in [3.8, 4) is 0 Å². The molecule has 0 atom stereocenters. The highest BCUT2D eigenvalue weighted by molar-refractivity contribution is 7.99. The Bertz CT molecular complexity index is 861. The summed E-state index contributed by atoms with van der Waals surface area (Å²) in [6.07, 6.45) is 1.60. The minimum absolute atomic E-state index is 0.0343. The average Bonchev–Trinajstić information content (AvgIpc) is 2.55. The molecule has 0 aliphatic heterocycles. The highest BCUT2D eigenvalue weighted by Crippen LogP contribution is 2.17. The first-order chi connectivity index (χ1) is 11.9. The predicted octanol–water partition coefficient (Wildman–Crippen LogP) is 1.91. The number of thioether (sulfide) groups is 1. The Morgan fingerprint density at radius 1 is 1.36 bits per heavy atom. The van der Waals surface area contributed by atoms with Crippen LogP contribution in [0.2, 0.25) is 0 Å². The standard InChI is InChI=1S/C17H20N4O3S/c1-4-9-21-15(23)12-7-5-6-8-13(12)19-17(21)25-10-14(22)20-16(24)18-11(2)3/h4-8,11H,1,9-10H2,2-3H3,(H2,18,20,22,24). The molecule has 2 rings (SSSR count). The zero-order valence-electron chi connectivity index (χ0n) is 14.1. The van der Waals surface area contributed by atoms with E-state index in [0.717, 1.165) is 11.8 Å². The molecule has 132 valence electrons. The second-order valence-electron chi connectivity index (χ2n) is 5.58. The number of allylic oxidation sites excluding steroid dienone is 1. The zero-order chi connectivity index (χ0) is 18.4. The van der Waals surface area contributed by atoms with Gasteiger partial charge in [0.25, 0.3) is 5.56 Å². The van der Waals surface area contributed by atoms with Gasteiger partial charge in [-0.05, 0) is 26.0 Å². The summed E-state index contributed by atoms with van der Waals surface area (Å²) >= 11 is 1.10. The zero-order valence-corrected chi connectivity index (χ0v) is 14.9. The van der Waals surface area contributed by atoms with Gasteiger partial charge >= 0.3 is 6.03 Å². The van der Waals surface area contributed by atoms with E-state index >= 15 is 0 Å². The van der Waals surface area contributed by atoms with Gasteiger partial charge in [-0.25, -0.2) is 9.78 Å². The van der Waals surface area contributed by atoms with Crippen LogP contribution in [-0.4, -0.2) is 33.3 Å². The summed E-state index contributed by atoms with van der Waals surface area (Å²) in [4.78, 5) is 40.5. The molecular formula is C17H20N4O3S. The molecule has 0 saturated carbocycles. The lowest BCUT2D eigenvalue weighted by Crippen LogP contribution is -2.43. The number of imide groups is 1. The number of urea groups is 1. The van der Waals surface area contributed by atoms with Crippen LogP contribution in [0.4, 0.5) is 4.79 Å². The summed E-state index contributed by atoms with van der Waals surface area (Å²) in [5.41, 5.74) is 0.374. The van der Waals surface area contributed by atoms with Crippen molar-refractivity contribution in [2.75, 3.05) is 5.75 Å². The number of carbonyl (C=O) groups excluding carboxylic acids is 2. The van der Waals surface area contributed by atoms with E-state index in [1.807, 2.05) is 0 Å². The van der Waals surface area contributed by atoms with Crippen molar-refractivity contribution in [1.29, 1.82) is 0 Å². The number of para-hydroxylation sites is 1. The van der Waals surface area contributed by atoms with Crippen LogP contribution >= 0.6 is 11.8 Å². The van der Waals surface area contributed by atoms with Gasteiger partial charge in [0.05, 0.1) is 16.7 Å². The Balaban J connectivity index is 2.18. The molecule has 3 amide bonds. The van der Waals surface area contributed by atoms with Crippen molar-refractivity contribution < 1.29 is 9.59 Å². The number of rotatable bonds is 6. The van der Waals surface area contributed by atoms with Crippen molar-refractivity contribution in [3.05, 3.63) is 47.3 Å². The lowest BCUT2D eigenvalue weighted by atomic mass is 10.2. The Labute approximate surface area is 149 Å². The second-order valence-corrected chi connectivity index (χ2v) is 6.52. The summed E-state index contributed by atoms with van der Waals surface area (Å²) in [5.74, 6) is -0.497. The van der Waals surface area contributed by atoms with Gasteiger partial charge in [0.1, 0.15) is 0 Å². The summed E-state index contributed by atoms with van der Waals surface area (Å²) in [7, 11) is 0.